The zero-order valence-corrected chi connectivity index (χ0v) is 14.6. The van der Waals surface area contributed by atoms with E-state index in [2.05, 4.69) is 20.6 Å². The number of benzene rings is 2. The van der Waals surface area contributed by atoms with Crippen LogP contribution in [0.15, 0.2) is 54.9 Å². The van der Waals surface area contributed by atoms with Crippen molar-refractivity contribution < 1.29 is 4.79 Å². The minimum absolute atomic E-state index is 0.276. The van der Waals surface area contributed by atoms with Gasteiger partial charge in [0.25, 0.3) is 5.91 Å². The van der Waals surface area contributed by atoms with Crippen molar-refractivity contribution in [2.24, 2.45) is 0 Å². The first-order valence-electron chi connectivity index (χ1n) is 7.75. The number of amides is 1. The van der Waals surface area contributed by atoms with Crippen molar-refractivity contribution in [2.75, 3.05) is 10.6 Å². The van der Waals surface area contributed by atoms with E-state index in [4.69, 9.17) is 11.6 Å². The van der Waals surface area contributed by atoms with Crippen molar-refractivity contribution in [1.29, 1.82) is 0 Å². The summed E-state index contributed by atoms with van der Waals surface area (Å²) in [6.45, 7) is 4.08. The molecule has 0 aliphatic heterocycles. The van der Waals surface area contributed by atoms with Gasteiger partial charge in [0.1, 0.15) is 17.8 Å². The SMILES string of the molecule is Cc1cccc(Nc2cc(C(=O)Nc3ccc(Cl)cc3)ncn2)c1C. The largest absolute Gasteiger partial charge is 0.340 e. The Morgan fingerprint density at radius 3 is 2.56 bits per heavy atom. The van der Waals surface area contributed by atoms with Crippen LogP contribution >= 0.6 is 11.6 Å². The van der Waals surface area contributed by atoms with Gasteiger partial charge in [-0.05, 0) is 55.3 Å². The standard InChI is InChI=1S/C19H17ClN4O/c1-12-4-3-5-16(13(12)2)24-18-10-17(21-11-22-18)19(25)23-15-8-6-14(20)7-9-15/h3-11H,1-2H3,(H,23,25)(H,21,22,24). The maximum atomic E-state index is 12.4. The summed E-state index contributed by atoms with van der Waals surface area (Å²) in [6, 6.07) is 14.5. The zero-order chi connectivity index (χ0) is 17.8. The number of aryl methyl sites for hydroxylation is 1. The molecule has 0 spiro atoms. The van der Waals surface area contributed by atoms with Crippen LogP contribution in [-0.4, -0.2) is 15.9 Å². The van der Waals surface area contributed by atoms with Crippen LogP contribution in [0.4, 0.5) is 17.2 Å². The van der Waals surface area contributed by atoms with Gasteiger partial charge in [0.15, 0.2) is 0 Å². The van der Waals surface area contributed by atoms with Crippen molar-refractivity contribution in [3.05, 3.63) is 76.7 Å². The molecule has 3 aromatic rings. The first-order valence-corrected chi connectivity index (χ1v) is 8.13. The fraction of sp³-hybridized carbons (Fsp3) is 0.105. The number of anilines is 3. The monoisotopic (exact) mass is 352 g/mol. The third-order valence-corrected chi connectivity index (χ3v) is 4.12. The van der Waals surface area contributed by atoms with Crippen LogP contribution in [0.25, 0.3) is 0 Å². The Balaban J connectivity index is 1.77. The van der Waals surface area contributed by atoms with Crippen molar-refractivity contribution in [2.45, 2.75) is 13.8 Å². The molecule has 0 fully saturated rings. The summed E-state index contributed by atoms with van der Waals surface area (Å²) in [5.41, 5.74) is 4.19. The highest BCUT2D eigenvalue weighted by Gasteiger charge is 2.10. The van der Waals surface area contributed by atoms with Gasteiger partial charge in [-0.3, -0.25) is 4.79 Å². The van der Waals surface area contributed by atoms with E-state index < -0.39 is 0 Å². The average molecular weight is 353 g/mol. The lowest BCUT2D eigenvalue weighted by Gasteiger charge is -2.11. The zero-order valence-electron chi connectivity index (χ0n) is 13.9. The summed E-state index contributed by atoms with van der Waals surface area (Å²) in [4.78, 5) is 20.6. The number of carbonyl (C=O) groups excluding carboxylic acids is 1. The molecular formula is C19H17ClN4O. The second-order valence-corrected chi connectivity index (χ2v) is 6.06. The number of aromatic nitrogens is 2. The second kappa shape index (κ2) is 7.32. The first-order chi connectivity index (χ1) is 12.0. The Kier molecular flexibility index (Phi) is 4.95. The van der Waals surface area contributed by atoms with Crippen molar-refractivity contribution in [1.82, 2.24) is 9.97 Å². The molecule has 0 unspecified atom stereocenters. The predicted octanol–water partition coefficient (Wildman–Crippen LogP) is 4.74. The molecule has 0 saturated carbocycles. The van der Waals surface area contributed by atoms with Crippen molar-refractivity contribution >= 4 is 34.7 Å². The molecule has 2 aromatic carbocycles. The van der Waals surface area contributed by atoms with Crippen LogP contribution in [0.1, 0.15) is 21.6 Å². The normalized spacial score (nSPS) is 10.4. The van der Waals surface area contributed by atoms with Gasteiger partial charge in [-0.15, -0.1) is 0 Å². The Hall–Kier alpha value is -2.92. The minimum Gasteiger partial charge on any atom is -0.340 e. The lowest BCUT2D eigenvalue weighted by molar-refractivity contribution is 0.102. The first kappa shape index (κ1) is 16.9. The lowest BCUT2D eigenvalue weighted by atomic mass is 10.1. The summed E-state index contributed by atoms with van der Waals surface area (Å²) in [6.07, 6.45) is 1.37. The molecule has 0 bridgehead atoms. The van der Waals surface area contributed by atoms with E-state index in [9.17, 15) is 4.79 Å². The second-order valence-electron chi connectivity index (χ2n) is 5.62. The number of carbonyl (C=O) groups is 1. The Bertz CT molecular complexity index is 910. The van der Waals surface area contributed by atoms with Gasteiger partial charge in [-0.1, -0.05) is 23.7 Å². The van der Waals surface area contributed by atoms with Gasteiger partial charge in [-0.2, -0.15) is 0 Å². The molecule has 6 heteroatoms. The summed E-state index contributed by atoms with van der Waals surface area (Å²) in [5, 5.41) is 6.62. The van der Waals surface area contributed by atoms with E-state index >= 15 is 0 Å². The molecule has 1 heterocycles. The maximum Gasteiger partial charge on any atom is 0.274 e. The number of nitrogens with zero attached hydrogens (tertiary/aromatic N) is 2. The van der Waals surface area contributed by atoms with Gasteiger partial charge in [0.05, 0.1) is 0 Å². The topological polar surface area (TPSA) is 66.9 Å². The fourth-order valence-electron chi connectivity index (χ4n) is 2.30. The van der Waals surface area contributed by atoms with Crippen LogP contribution in [0.5, 0.6) is 0 Å². The van der Waals surface area contributed by atoms with E-state index in [1.807, 2.05) is 32.0 Å². The van der Waals surface area contributed by atoms with E-state index in [-0.39, 0.29) is 11.6 Å². The molecule has 0 atom stereocenters. The van der Waals surface area contributed by atoms with E-state index in [1.165, 1.54) is 11.9 Å². The smallest absolute Gasteiger partial charge is 0.274 e. The minimum atomic E-state index is -0.311. The van der Waals surface area contributed by atoms with Crippen LogP contribution in [0.2, 0.25) is 5.02 Å². The molecule has 126 valence electrons. The van der Waals surface area contributed by atoms with Gasteiger partial charge < -0.3 is 10.6 Å². The number of rotatable bonds is 4. The van der Waals surface area contributed by atoms with Crippen LogP contribution < -0.4 is 10.6 Å². The van der Waals surface area contributed by atoms with Gasteiger partial charge in [0.2, 0.25) is 0 Å². The molecule has 2 N–H and O–H groups in total. The Morgan fingerprint density at radius 1 is 1.04 bits per heavy atom. The van der Waals surface area contributed by atoms with Crippen molar-refractivity contribution in [3.63, 3.8) is 0 Å². The molecular weight excluding hydrogens is 336 g/mol. The molecule has 25 heavy (non-hydrogen) atoms. The number of hydrogen-bond donors (Lipinski definition) is 2. The van der Waals surface area contributed by atoms with Crippen LogP contribution in [0.3, 0.4) is 0 Å². The number of nitrogens with one attached hydrogen (secondary N) is 2. The van der Waals surface area contributed by atoms with E-state index in [1.54, 1.807) is 30.3 Å². The molecule has 0 aliphatic carbocycles. The highest BCUT2D eigenvalue weighted by Crippen LogP contribution is 2.22. The average Bonchev–Trinajstić information content (AvgIpc) is 2.61. The molecule has 1 amide bonds. The van der Waals surface area contributed by atoms with Gasteiger partial charge >= 0.3 is 0 Å². The molecule has 1 aromatic heterocycles. The van der Waals surface area contributed by atoms with Gasteiger partial charge in [-0.25, -0.2) is 9.97 Å². The van der Waals surface area contributed by atoms with Crippen LogP contribution in [0, 0.1) is 13.8 Å². The molecule has 5 nitrogen and oxygen atoms in total. The van der Waals surface area contributed by atoms with Gasteiger partial charge in [0, 0.05) is 22.5 Å². The number of hydrogen-bond acceptors (Lipinski definition) is 4. The summed E-state index contributed by atoms with van der Waals surface area (Å²) in [7, 11) is 0. The van der Waals surface area contributed by atoms with E-state index in [0.29, 0.717) is 16.5 Å². The molecule has 0 aliphatic rings. The fourth-order valence-corrected chi connectivity index (χ4v) is 2.43. The predicted molar refractivity (Wildman–Crippen MR) is 101 cm³/mol. The highest BCUT2D eigenvalue weighted by molar-refractivity contribution is 6.30. The van der Waals surface area contributed by atoms with Crippen LogP contribution in [-0.2, 0) is 0 Å². The lowest BCUT2D eigenvalue weighted by Crippen LogP contribution is -2.14. The quantitative estimate of drug-likeness (QED) is 0.711. The third kappa shape index (κ3) is 4.14. The van der Waals surface area contributed by atoms with E-state index in [0.717, 1.165) is 11.3 Å². The summed E-state index contributed by atoms with van der Waals surface area (Å²) >= 11 is 5.85. The molecule has 3 rings (SSSR count). The summed E-state index contributed by atoms with van der Waals surface area (Å²) in [5.74, 6) is 0.249. The van der Waals surface area contributed by atoms with Crippen molar-refractivity contribution in [3.8, 4) is 0 Å². The Morgan fingerprint density at radius 2 is 1.80 bits per heavy atom. The number of halogens is 1. The molecule has 0 radical (unpaired) electrons. The molecule has 0 saturated heterocycles. The Labute approximate surface area is 151 Å². The highest BCUT2D eigenvalue weighted by atomic mass is 35.5. The third-order valence-electron chi connectivity index (χ3n) is 3.87. The maximum absolute atomic E-state index is 12.4. The summed E-state index contributed by atoms with van der Waals surface area (Å²) < 4.78 is 0.